The topological polar surface area (TPSA) is 95.9 Å². The molecule has 0 aliphatic heterocycles. The van der Waals surface area contributed by atoms with E-state index in [1.807, 2.05) is 6.92 Å². The minimum absolute atomic E-state index is 0.0260. The summed E-state index contributed by atoms with van der Waals surface area (Å²) >= 11 is 0. The lowest BCUT2D eigenvalue weighted by molar-refractivity contribution is -0.142. The van der Waals surface area contributed by atoms with E-state index < -0.39 is 12.0 Å². The Balaban J connectivity index is 2.59. The van der Waals surface area contributed by atoms with Crippen molar-refractivity contribution in [3.05, 3.63) is 29.8 Å². The minimum atomic E-state index is -1.09. The molecule has 6 nitrogen and oxygen atoms in total. The molecule has 1 unspecified atom stereocenters. The van der Waals surface area contributed by atoms with Crippen LogP contribution in [0.25, 0.3) is 0 Å². The number of hydrogen-bond acceptors (Lipinski definition) is 4. The molecule has 0 radical (unpaired) electrons. The highest BCUT2D eigenvalue weighted by Crippen LogP contribution is 2.12. The lowest BCUT2D eigenvalue weighted by Gasteiger charge is -2.16. The fourth-order valence-electron chi connectivity index (χ4n) is 1.98. The number of aromatic hydroxyl groups is 1. The van der Waals surface area contributed by atoms with Crippen LogP contribution in [0.1, 0.15) is 18.9 Å². The number of carbonyl (C=O) groups is 2. The van der Waals surface area contributed by atoms with Gasteiger partial charge in [0.1, 0.15) is 11.8 Å². The van der Waals surface area contributed by atoms with E-state index in [9.17, 15) is 19.8 Å². The number of rotatable bonds is 8. The molecule has 116 valence electrons. The van der Waals surface area contributed by atoms with E-state index in [2.05, 4.69) is 5.32 Å². The van der Waals surface area contributed by atoms with Crippen LogP contribution >= 0.6 is 0 Å². The van der Waals surface area contributed by atoms with Gasteiger partial charge in [-0.05, 0) is 23.6 Å². The summed E-state index contributed by atoms with van der Waals surface area (Å²) in [6.07, 6.45) is 0.382. The van der Waals surface area contributed by atoms with Gasteiger partial charge in [0.05, 0.1) is 0 Å². The van der Waals surface area contributed by atoms with E-state index in [0.717, 1.165) is 5.56 Å². The molecular formula is C15H21NO5. The maximum Gasteiger partial charge on any atom is 0.326 e. The highest BCUT2D eigenvalue weighted by atomic mass is 16.5. The third-order valence-corrected chi connectivity index (χ3v) is 2.99. The number of phenolic OH excluding ortho intramolecular Hbond substituents is 1. The molecule has 0 aliphatic carbocycles. The van der Waals surface area contributed by atoms with E-state index in [4.69, 9.17) is 4.74 Å². The third-order valence-electron chi connectivity index (χ3n) is 2.99. The molecule has 1 rings (SSSR count). The summed E-state index contributed by atoms with van der Waals surface area (Å²) in [6, 6.07) is 5.24. The highest BCUT2D eigenvalue weighted by Gasteiger charge is 2.21. The molecule has 1 aromatic carbocycles. The predicted molar refractivity (Wildman–Crippen MR) is 77.0 cm³/mol. The van der Waals surface area contributed by atoms with Crippen LogP contribution < -0.4 is 5.32 Å². The molecule has 1 aromatic rings. The van der Waals surface area contributed by atoms with Crippen molar-refractivity contribution in [2.75, 3.05) is 13.7 Å². The standard InChI is InChI=1S/C15H21NO5/c1-10(9-21-2)7-14(18)16-13(15(19)20)8-11-3-5-12(17)6-4-11/h3-6,10,13,17H,7-9H2,1-2H3,(H,16,18)(H,19,20)/t10?,13-/m0/s1. The Morgan fingerprint density at radius 1 is 1.29 bits per heavy atom. The Morgan fingerprint density at radius 2 is 1.90 bits per heavy atom. The van der Waals surface area contributed by atoms with E-state index in [1.54, 1.807) is 19.2 Å². The first-order chi connectivity index (χ1) is 9.92. The first kappa shape index (κ1) is 17.0. The molecule has 0 saturated heterocycles. The second kappa shape index (κ2) is 8.26. The number of ether oxygens (including phenoxy) is 1. The molecule has 1 amide bonds. The third kappa shape index (κ3) is 6.27. The van der Waals surface area contributed by atoms with Crippen LogP contribution in [0.5, 0.6) is 5.75 Å². The van der Waals surface area contributed by atoms with E-state index in [1.165, 1.54) is 12.1 Å². The summed E-state index contributed by atoms with van der Waals surface area (Å²) < 4.78 is 4.94. The van der Waals surface area contributed by atoms with Gasteiger partial charge in [-0.1, -0.05) is 19.1 Å². The summed E-state index contributed by atoms with van der Waals surface area (Å²) in [4.78, 5) is 23.0. The summed E-state index contributed by atoms with van der Waals surface area (Å²) in [5, 5.41) is 20.9. The highest BCUT2D eigenvalue weighted by molar-refractivity contribution is 5.83. The maximum atomic E-state index is 11.8. The Bertz CT molecular complexity index is 471. The van der Waals surface area contributed by atoms with Crippen molar-refractivity contribution in [3.63, 3.8) is 0 Å². The normalized spacial score (nSPS) is 13.4. The number of aliphatic carboxylic acids is 1. The number of nitrogens with one attached hydrogen (secondary N) is 1. The molecule has 0 aliphatic rings. The van der Waals surface area contributed by atoms with Crippen molar-refractivity contribution in [2.24, 2.45) is 5.92 Å². The molecule has 0 heterocycles. The SMILES string of the molecule is COCC(C)CC(=O)N[C@@H](Cc1ccc(O)cc1)C(=O)O. The van der Waals surface area contributed by atoms with Gasteiger partial charge in [0, 0.05) is 26.6 Å². The average Bonchev–Trinajstić information content (AvgIpc) is 2.40. The number of methoxy groups -OCH3 is 1. The van der Waals surface area contributed by atoms with Crippen molar-refractivity contribution in [1.29, 1.82) is 0 Å². The minimum Gasteiger partial charge on any atom is -0.508 e. The second-order valence-corrected chi connectivity index (χ2v) is 5.09. The molecule has 3 N–H and O–H groups in total. The summed E-state index contributed by atoms with van der Waals surface area (Å²) in [5.74, 6) is -1.26. The van der Waals surface area contributed by atoms with Gasteiger partial charge in [-0.3, -0.25) is 4.79 Å². The summed E-state index contributed by atoms with van der Waals surface area (Å²) in [5.41, 5.74) is 0.727. The van der Waals surface area contributed by atoms with Gasteiger partial charge in [-0.2, -0.15) is 0 Å². The largest absolute Gasteiger partial charge is 0.508 e. The molecule has 0 aromatic heterocycles. The molecule has 2 atom stereocenters. The van der Waals surface area contributed by atoms with Gasteiger partial charge in [-0.15, -0.1) is 0 Å². The number of hydrogen-bond donors (Lipinski definition) is 3. The Kier molecular flexibility index (Phi) is 6.68. The zero-order valence-electron chi connectivity index (χ0n) is 12.2. The number of carboxylic acid groups (broad SMARTS) is 1. The van der Waals surface area contributed by atoms with Crippen molar-refractivity contribution < 1.29 is 24.5 Å². The lowest BCUT2D eigenvalue weighted by atomic mass is 10.0. The number of phenols is 1. The molecule has 6 heteroatoms. The van der Waals surface area contributed by atoms with Crippen LogP contribution in [-0.4, -0.2) is 41.8 Å². The number of carbonyl (C=O) groups excluding carboxylic acids is 1. The molecule has 0 spiro atoms. The van der Waals surface area contributed by atoms with Crippen LogP contribution in [0, 0.1) is 5.92 Å². The zero-order chi connectivity index (χ0) is 15.8. The van der Waals surface area contributed by atoms with E-state index >= 15 is 0 Å². The molecule has 0 saturated carbocycles. The smallest absolute Gasteiger partial charge is 0.326 e. The maximum absolute atomic E-state index is 11.8. The first-order valence-electron chi connectivity index (χ1n) is 6.71. The van der Waals surface area contributed by atoms with Crippen LogP contribution in [0.15, 0.2) is 24.3 Å². The predicted octanol–water partition coefficient (Wildman–Crippen LogP) is 1.18. The van der Waals surface area contributed by atoms with Crippen LogP contribution in [-0.2, 0) is 20.7 Å². The van der Waals surface area contributed by atoms with Gasteiger partial charge in [-0.25, -0.2) is 4.79 Å². The van der Waals surface area contributed by atoms with Crippen molar-refractivity contribution in [1.82, 2.24) is 5.32 Å². The number of amides is 1. The molecular weight excluding hydrogens is 274 g/mol. The van der Waals surface area contributed by atoms with Crippen LogP contribution in [0.2, 0.25) is 0 Å². The quantitative estimate of drug-likeness (QED) is 0.669. The van der Waals surface area contributed by atoms with Gasteiger partial charge in [0.2, 0.25) is 5.91 Å². The Hall–Kier alpha value is -2.08. The van der Waals surface area contributed by atoms with Gasteiger partial charge >= 0.3 is 5.97 Å². The van der Waals surface area contributed by atoms with E-state index in [-0.39, 0.29) is 30.4 Å². The monoisotopic (exact) mass is 295 g/mol. The molecule has 21 heavy (non-hydrogen) atoms. The second-order valence-electron chi connectivity index (χ2n) is 5.09. The Morgan fingerprint density at radius 3 is 2.43 bits per heavy atom. The molecule has 0 bridgehead atoms. The average molecular weight is 295 g/mol. The van der Waals surface area contributed by atoms with E-state index in [0.29, 0.717) is 6.61 Å². The number of benzene rings is 1. The van der Waals surface area contributed by atoms with Crippen LogP contribution in [0.4, 0.5) is 0 Å². The zero-order valence-corrected chi connectivity index (χ0v) is 12.2. The van der Waals surface area contributed by atoms with Crippen molar-refractivity contribution >= 4 is 11.9 Å². The summed E-state index contributed by atoms with van der Waals surface area (Å²) in [7, 11) is 1.55. The van der Waals surface area contributed by atoms with Crippen molar-refractivity contribution in [3.8, 4) is 5.75 Å². The number of carboxylic acids is 1. The molecule has 0 fully saturated rings. The van der Waals surface area contributed by atoms with Crippen LogP contribution in [0.3, 0.4) is 0 Å². The van der Waals surface area contributed by atoms with Gasteiger partial charge < -0.3 is 20.3 Å². The first-order valence-corrected chi connectivity index (χ1v) is 6.71. The fourth-order valence-corrected chi connectivity index (χ4v) is 1.98. The summed E-state index contributed by atoms with van der Waals surface area (Å²) in [6.45, 7) is 2.31. The van der Waals surface area contributed by atoms with Gasteiger partial charge in [0.25, 0.3) is 0 Å². The Labute approximate surface area is 123 Å². The van der Waals surface area contributed by atoms with Crippen molar-refractivity contribution in [2.45, 2.75) is 25.8 Å². The fraction of sp³-hybridized carbons (Fsp3) is 0.467. The lowest BCUT2D eigenvalue weighted by Crippen LogP contribution is -2.42. The van der Waals surface area contributed by atoms with Gasteiger partial charge in [0.15, 0.2) is 0 Å².